The second-order valence-corrected chi connectivity index (χ2v) is 9.06. The molecule has 29 heavy (non-hydrogen) atoms. The van der Waals surface area contributed by atoms with Crippen molar-refractivity contribution in [1.82, 2.24) is 9.88 Å². The molecule has 0 spiro atoms. The quantitative estimate of drug-likeness (QED) is 0.619. The molecule has 0 radical (unpaired) electrons. The summed E-state index contributed by atoms with van der Waals surface area (Å²) in [7, 11) is 2.08. The van der Waals surface area contributed by atoms with Crippen LogP contribution in [0, 0.1) is 5.82 Å². The highest BCUT2D eigenvalue weighted by molar-refractivity contribution is 5.80. The van der Waals surface area contributed by atoms with Crippen LogP contribution in [0.2, 0.25) is 0 Å². The highest BCUT2D eigenvalue weighted by Crippen LogP contribution is 2.57. The molecule has 148 valence electrons. The Balaban J connectivity index is 1.63. The molecule has 1 fully saturated rings. The minimum Gasteiger partial charge on any atom is -0.508 e. The number of benzene rings is 2. The number of aliphatic hydroxyl groups is 1. The minimum atomic E-state index is -0.948. The highest BCUT2D eigenvalue weighted by Gasteiger charge is 2.64. The van der Waals surface area contributed by atoms with Gasteiger partial charge in [0.2, 0.25) is 0 Å². The summed E-state index contributed by atoms with van der Waals surface area (Å²) < 4.78 is 14.4. The summed E-state index contributed by atoms with van der Waals surface area (Å²) in [5, 5.41) is 23.2. The van der Waals surface area contributed by atoms with E-state index in [2.05, 4.69) is 11.9 Å². The van der Waals surface area contributed by atoms with E-state index in [1.807, 2.05) is 24.3 Å². The number of rotatable bonds is 0. The zero-order valence-corrected chi connectivity index (χ0v) is 16.3. The number of phenolic OH excluding ortho intramolecular Hbond substituents is 1. The lowest BCUT2D eigenvalue weighted by molar-refractivity contribution is -0.145. The molecule has 6 rings (SSSR count). The lowest BCUT2D eigenvalue weighted by Gasteiger charge is -2.63. The Morgan fingerprint density at radius 3 is 2.86 bits per heavy atom. The summed E-state index contributed by atoms with van der Waals surface area (Å²) in [4.78, 5) is 7.00. The van der Waals surface area contributed by atoms with Crippen LogP contribution >= 0.6 is 0 Å². The van der Waals surface area contributed by atoms with Crippen molar-refractivity contribution >= 4 is 10.9 Å². The first-order valence-electron chi connectivity index (χ1n) is 10.2. The summed E-state index contributed by atoms with van der Waals surface area (Å²) in [5.41, 5.74) is 3.01. The van der Waals surface area contributed by atoms with Crippen LogP contribution in [-0.2, 0) is 24.7 Å². The molecule has 2 heterocycles. The standard InChI is InChI=1S/C24H23FN2O2/c1-27-8-7-23-13-20-16(9-15-3-2-4-19(25)22(15)26-20)12-24(23,29)21(27)10-14-5-6-17(28)11-18(14)23/h2-6,9,11,21,28-29H,7-8,10,12-13H2,1H3/t21-,23-,24+/m1/s1. The van der Waals surface area contributed by atoms with Gasteiger partial charge in [0.15, 0.2) is 0 Å². The predicted octanol–water partition coefficient (Wildman–Crippen LogP) is 3.11. The fourth-order valence-corrected chi connectivity index (χ4v) is 6.26. The molecular formula is C24H23FN2O2. The van der Waals surface area contributed by atoms with Gasteiger partial charge in [-0.2, -0.15) is 0 Å². The van der Waals surface area contributed by atoms with Gasteiger partial charge >= 0.3 is 0 Å². The van der Waals surface area contributed by atoms with E-state index in [-0.39, 0.29) is 17.6 Å². The third-order valence-electron chi connectivity index (χ3n) is 7.72. The van der Waals surface area contributed by atoms with E-state index in [1.165, 1.54) is 11.6 Å². The van der Waals surface area contributed by atoms with Gasteiger partial charge in [-0.15, -0.1) is 0 Å². The normalized spacial score (nSPS) is 30.5. The van der Waals surface area contributed by atoms with Gasteiger partial charge in [-0.05, 0) is 67.4 Å². The number of hydrogen-bond donors (Lipinski definition) is 2. The molecule has 1 aromatic heterocycles. The Kier molecular flexibility index (Phi) is 3.33. The molecule has 1 saturated heterocycles. The summed E-state index contributed by atoms with van der Waals surface area (Å²) in [5.74, 6) is -0.0901. The molecule has 3 aromatic rings. The van der Waals surface area contributed by atoms with E-state index in [1.54, 1.807) is 12.1 Å². The van der Waals surface area contributed by atoms with Crippen molar-refractivity contribution in [1.29, 1.82) is 0 Å². The van der Waals surface area contributed by atoms with E-state index in [4.69, 9.17) is 4.98 Å². The first-order valence-corrected chi connectivity index (χ1v) is 10.2. The molecule has 0 unspecified atom stereocenters. The van der Waals surface area contributed by atoms with Crippen LogP contribution in [0.4, 0.5) is 4.39 Å². The molecule has 0 saturated carbocycles. The monoisotopic (exact) mass is 390 g/mol. The predicted molar refractivity (Wildman–Crippen MR) is 109 cm³/mol. The number of nitrogens with zero attached hydrogens (tertiary/aromatic N) is 2. The lowest BCUT2D eigenvalue weighted by Crippen LogP contribution is -2.73. The SMILES string of the molecule is CN1CC[C@]23Cc4nc5c(F)cccc5cc4C[C@]2(O)[C@H]1Cc1ccc(O)cc13. The summed E-state index contributed by atoms with van der Waals surface area (Å²) in [6.45, 7) is 0.874. The van der Waals surface area contributed by atoms with Crippen LogP contribution < -0.4 is 0 Å². The number of hydrogen-bond acceptors (Lipinski definition) is 4. The molecule has 3 aliphatic rings. The average Bonchev–Trinajstić information content (AvgIpc) is 2.69. The summed E-state index contributed by atoms with van der Waals surface area (Å²) in [6.07, 6.45) is 2.59. The number of halogens is 1. The number of piperidine rings is 1. The van der Waals surface area contributed by atoms with Crippen LogP contribution in [0.25, 0.3) is 10.9 Å². The van der Waals surface area contributed by atoms with Crippen LogP contribution in [-0.4, -0.2) is 45.3 Å². The smallest absolute Gasteiger partial charge is 0.149 e. The van der Waals surface area contributed by atoms with Gasteiger partial charge in [0.25, 0.3) is 0 Å². The lowest BCUT2D eigenvalue weighted by atomic mass is 9.49. The Morgan fingerprint density at radius 1 is 1.14 bits per heavy atom. The number of aromatic nitrogens is 1. The van der Waals surface area contributed by atoms with Gasteiger partial charge < -0.3 is 15.1 Å². The number of likely N-dealkylation sites (N-methyl/N-ethyl adjacent to an activating group) is 1. The number of likely N-dealkylation sites (tertiary alicyclic amines) is 1. The Hall–Kier alpha value is -2.50. The second kappa shape index (κ2) is 5.55. The number of fused-ring (bicyclic) bond motifs is 3. The average molecular weight is 390 g/mol. The molecule has 2 aliphatic carbocycles. The summed E-state index contributed by atoms with van der Waals surface area (Å²) in [6, 6.07) is 12.6. The highest BCUT2D eigenvalue weighted by atomic mass is 19.1. The van der Waals surface area contributed by atoms with E-state index < -0.39 is 11.0 Å². The molecule has 2 N–H and O–H groups in total. The first-order chi connectivity index (χ1) is 13.9. The van der Waals surface area contributed by atoms with E-state index >= 15 is 0 Å². The van der Waals surface area contributed by atoms with Crippen molar-refractivity contribution < 1.29 is 14.6 Å². The topological polar surface area (TPSA) is 56.6 Å². The van der Waals surface area contributed by atoms with Gasteiger partial charge in [0.1, 0.15) is 17.1 Å². The zero-order valence-electron chi connectivity index (χ0n) is 16.3. The van der Waals surface area contributed by atoms with Crippen LogP contribution in [0.1, 0.15) is 28.8 Å². The molecular weight excluding hydrogens is 367 g/mol. The Bertz CT molecular complexity index is 1180. The maximum atomic E-state index is 14.4. The maximum absolute atomic E-state index is 14.4. The number of para-hydroxylation sites is 1. The second-order valence-electron chi connectivity index (χ2n) is 9.06. The summed E-state index contributed by atoms with van der Waals surface area (Å²) >= 11 is 0. The molecule has 0 amide bonds. The molecule has 2 aromatic carbocycles. The number of phenols is 1. The third kappa shape index (κ3) is 2.12. The number of pyridine rings is 1. The van der Waals surface area contributed by atoms with Crippen molar-refractivity contribution in [3.05, 3.63) is 70.7 Å². The van der Waals surface area contributed by atoms with Crippen molar-refractivity contribution in [3.63, 3.8) is 0 Å². The maximum Gasteiger partial charge on any atom is 0.149 e. The van der Waals surface area contributed by atoms with Gasteiger partial charge in [-0.1, -0.05) is 18.2 Å². The molecule has 3 atom stereocenters. The van der Waals surface area contributed by atoms with E-state index in [0.717, 1.165) is 41.6 Å². The fourth-order valence-electron chi connectivity index (χ4n) is 6.26. The van der Waals surface area contributed by atoms with Gasteiger partial charge in [0.05, 0.1) is 5.60 Å². The van der Waals surface area contributed by atoms with Crippen molar-refractivity contribution in [2.45, 2.75) is 42.7 Å². The largest absolute Gasteiger partial charge is 0.508 e. The van der Waals surface area contributed by atoms with E-state index in [0.29, 0.717) is 18.4 Å². The Labute approximate surface area is 168 Å². The van der Waals surface area contributed by atoms with E-state index in [9.17, 15) is 14.6 Å². The van der Waals surface area contributed by atoms with Gasteiger partial charge in [0, 0.05) is 35.4 Å². The minimum absolute atomic E-state index is 0.00430. The van der Waals surface area contributed by atoms with Crippen LogP contribution in [0.15, 0.2) is 42.5 Å². The third-order valence-corrected chi connectivity index (χ3v) is 7.72. The Morgan fingerprint density at radius 2 is 2.00 bits per heavy atom. The van der Waals surface area contributed by atoms with Gasteiger partial charge in [-0.25, -0.2) is 9.37 Å². The molecule has 4 nitrogen and oxygen atoms in total. The first kappa shape index (κ1) is 17.4. The van der Waals surface area contributed by atoms with Crippen molar-refractivity contribution in [2.24, 2.45) is 0 Å². The number of aromatic hydroxyl groups is 1. The zero-order chi connectivity index (χ0) is 20.0. The van der Waals surface area contributed by atoms with Crippen molar-refractivity contribution in [3.8, 4) is 5.75 Å². The molecule has 2 bridgehead atoms. The van der Waals surface area contributed by atoms with Crippen LogP contribution in [0.5, 0.6) is 5.75 Å². The molecule has 5 heteroatoms. The molecule has 1 aliphatic heterocycles. The fraction of sp³-hybridized carbons (Fsp3) is 0.375. The van der Waals surface area contributed by atoms with Crippen molar-refractivity contribution in [2.75, 3.05) is 13.6 Å². The van der Waals surface area contributed by atoms with Crippen LogP contribution in [0.3, 0.4) is 0 Å². The van der Waals surface area contributed by atoms with Gasteiger partial charge in [-0.3, -0.25) is 0 Å².